The molecular formula is C16H32IN3O2S. The number of halogens is 1. The Morgan fingerprint density at radius 1 is 1.22 bits per heavy atom. The Kier molecular flexibility index (Phi) is 7.63. The summed E-state index contributed by atoms with van der Waals surface area (Å²) in [6, 6.07) is 0. The van der Waals surface area contributed by atoms with Crippen molar-refractivity contribution in [2.75, 3.05) is 32.4 Å². The van der Waals surface area contributed by atoms with Crippen molar-refractivity contribution in [1.82, 2.24) is 10.2 Å². The SMILES string of the molecule is CCNC(=NCC(C)(C)S(C)(=O)=O)N1CC2CCCCC2C1.I. The molecule has 23 heavy (non-hydrogen) atoms. The number of hydrogen-bond donors (Lipinski definition) is 1. The second-order valence-electron chi connectivity index (χ2n) is 7.41. The van der Waals surface area contributed by atoms with Crippen LogP contribution in [0.25, 0.3) is 0 Å². The summed E-state index contributed by atoms with van der Waals surface area (Å²) in [6.07, 6.45) is 6.65. The van der Waals surface area contributed by atoms with E-state index >= 15 is 0 Å². The topological polar surface area (TPSA) is 61.8 Å². The van der Waals surface area contributed by atoms with E-state index in [4.69, 9.17) is 0 Å². The average molecular weight is 457 g/mol. The zero-order valence-electron chi connectivity index (χ0n) is 14.8. The maximum absolute atomic E-state index is 11.8. The second-order valence-corrected chi connectivity index (χ2v) is 10.1. The monoisotopic (exact) mass is 457 g/mol. The molecule has 0 aromatic heterocycles. The molecule has 1 saturated heterocycles. The van der Waals surface area contributed by atoms with E-state index in [1.807, 2.05) is 0 Å². The van der Waals surface area contributed by atoms with Crippen LogP contribution < -0.4 is 5.32 Å². The van der Waals surface area contributed by atoms with Crippen molar-refractivity contribution in [3.8, 4) is 0 Å². The summed E-state index contributed by atoms with van der Waals surface area (Å²) in [5, 5.41) is 3.34. The largest absolute Gasteiger partial charge is 0.357 e. The van der Waals surface area contributed by atoms with Gasteiger partial charge in [-0.3, -0.25) is 4.99 Å². The number of nitrogens with zero attached hydrogens (tertiary/aromatic N) is 2. The number of fused-ring (bicyclic) bond motifs is 1. The average Bonchev–Trinajstić information content (AvgIpc) is 2.85. The van der Waals surface area contributed by atoms with E-state index in [-0.39, 0.29) is 24.0 Å². The predicted molar refractivity (Wildman–Crippen MR) is 107 cm³/mol. The highest BCUT2D eigenvalue weighted by molar-refractivity contribution is 14.0. The lowest BCUT2D eigenvalue weighted by Crippen LogP contribution is -2.42. The molecule has 2 rings (SSSR count). The molecule has 0 spiro atoms. The fraction of sp³-hybridized carbons (Fsp3) is 0.938. The molecule has 1 saturated carbocycles. The zero-order valence-corrected chi connectivity index (χ0v) is 18.0. The van der Waals surface area contributed by atoms with E-state index in [9.17, 15) is 8.42 Å². The van der Waals surface area contributed by atoms with E-state index in [2.05, 4.69) is 22.1 Å². The van der Waals surface area contributed by atoms with Crippen LogP contribution >= 0.6 is 24.0 Å². The summed E-state index contributed by atoms with van der Waals surface area (Å²) < 4.78 is 22.9. The first kappa shape index (κ1) is 21.0. The molecule has 0 aromatic carbocycles. The Morgan fingerprint density at radius 2 is 1.74 bits per heavy atom. The Bertz CT molecular complexity index is 505. The molecule has 7 heteroatoms. The van der Waals surface area contributed by atoms with Crippen LogP contribution in [0.4, 0.5) is 0 Å². The van der Waals surface area contributed by atoms with Gasteiger partial charge in [0.25, 0.3) is 0 Å². The van der Waals surface area contributed by atoms with E-state index in [0.29, 0.717) is 6.54 Å². The van der Waals surface area contributed by atoms with Gasteiger partial charge in [-0.15, -0.1) is 24.0 Å². The predicted octanol–water partition coefficient (Wildman–Crippen LogP) is 2.52. The Morgan fingerprint density at radius 3 is 2.17 bits per heavy atom. The van der Waals surface area contributed by atoms with Gasteiger partial charge in [0.15, 0.2) is 15.8 Å². The molecule has 0 aromatic rings. The first-order valence-corrected chi connectivity index (χ1v) is 10.4. The highest BCUT2D eigenvalue weighted by Crippen LogP contribution is 2.36. The highest BCUT2D eigenvalue weighted by Gasteiger charge is 2.36. The van der Waals surface area contributed by atoms with Crippen molar-refractivity contribution < 1.29 is 8.42 Å². The van der Waals surface area contributed by atoms with Gasteiger partial charge in [-0.25, -0.2) is 8.42 Å². The van der Waals surface area contributed by atoms with Crippen molar-refractivity contribution in [3.05, 3.63) is 0 Å². The number of likely N-dealkylation sites (tertiary alicyclic amines) is 1. The van der Waals surface area contributed by atoms with Crippen molar-refractivity contribution in [2.24, 2.45) is 16.8 Å². The van der Waals surface area contributed by atoms with Crippen LogP contribution in [0.2, 0.25) is 0 Å². The maximum Gasteiger partial charge on any atom is 0.193 e. The van der Waals surface area contributed by atoms with Crippen LogP contribution in [0.15, 0.2) is 4.99 Å². The number of nitrogens with one attached hydrogen (secondary N) is 1. The van der Waals surface area contributed by atoms with Gasteiger partial charge < -0.3 is 10.2 Å². The van der Waals surface area contributed by atoms with Crippen LogP contribution in [-0.4, -0.2) is 56.5 Å². The van der Waals surface area contributed by atoms with Crippen molar-refractivity contribution in [1.29, 1.82) is 0 Å². The number of aliphatic imine (C=N–C) groups is 1. The molecule has 0 radical (unpaired) electrons. The van der Waals surface area contributed by atoms with Crippen molar-refractivity contribution >= 4 is 39.8 Å². The van der Waals surface area contributed by atoms with Gasteiger partial charge >= 0.3 is 0 Å². The number of hydrogen-bond acceptors (Lipinski definition) is 3. The molecule has 1 aliphatic heterocycles. The van der Waals surface area contributed by atoms with E-state index in [1.165, 1.54) is 31.9 Å². The molecule has 2 fully saturated rings. The number of guanidine groups is 1. The fourth-order valence-electron chi connectivity index (χ4n) is 3.39. The summed E-state index contributed by atoms with van der Waals surface area (Å²) >= 11 is 0. The van der Waals surface area contributed by atoms with Gasteiger partial charge in [0.05, 0.1) is 11.3 Å². The first-order chi connectivity index (χ1) is 10.2. The van der Waals surface area contributed by atoms with Gasteiger partial charge in [0.2, 0.25) is 0 Å². The molecule has 1 aliphatic carbocycles. The van der Waals surface area contributed by atoms with Crippen LogP contribution in [0, 0.1) is 11.8 Å². The maximum atomic E-state index is 11.8. The minimum Gasteiger partial charge on any atom is -0.357 e. The van der Waals surface area contributed by atoms with Crippen LogP contribution in [0.5, 0.6) is 0 Å². The molecule has 5 nitrogen and oxygen atoms in total. The van der Waals surface area contributed by atoms with E-state index in [0.717, 1.165) is 37.4 Å². The molecule has 136 valence electrons. The molecule has 1 heterocycles. The summed E-state index contributed by atoms with van der Waals surface area (Å²) in [4.78, 5) is 6.98. The lowest BCUT2D eigenvalue weighted by molar-refractivity contribution is 0.299. The summed E-state index contributed by atoms with van der Waals surface area (Å²) in [6.45, 7) is 8.80. The molecule has 1 N–H and O–H groups in total. The molecule has 0 bridgehead atoms. The molecule has 2 atom stereocenters. The zero-order chi connectivity index (χ0) is 16.4. The molecule has 2 unspecified atom stereocenters. The minimum atomic E-state index is -3.11. The summed E-state index contributed by atoms with van der Waals surface area (Å²) in [5.41, 5.74) is 0. The molecule has 2 aliphatic rings. The highest BCUT2D eigenvalue weighted by atomic mass is 127. The van der Waals surface area contributed by atoms with Gasteiger partial charge in [0.1, 0.15) is 0 Å². The summed E-state index contributed by atoms with van der Waals surface area (Å²) in [5.74, 6) is 2.47. The third-order valence-corrected chi connectivity index (χ3v) is 7.36. The third-order valence-electron chi connectivity index (χ3n) is 5.22. The van der Waals surface area contributed by atoms with E-state index in [1.54, 1.807) is 13.8 Å². The Labute approximate surface area is 158 Å². The van der Waals surface area contributed by atoms with Crippen LogP contribution in [-0.2, 0) is 9.84 Å². The summed E-state index contributed by atoms with van der Waals surface area (Å²) in [7, 11) is -3.11. The number of sulfone groups is 1. The van der Waals surface area contributed by atoms with Crippen LogP contribution in [0.1, 0.15) is 46.5 Å². The molecular weight excluding hydrogens is 425 g/mol. The van der Waals surface area contributed by atoms with Gasteiger partial charge in [0, 0.05) is 25.9 Å². The lowest BCUT2D eigenvalue weighted by atomic mass is 9.82. The number of rotatable bonds is 4. The van der Waals surface area contributed by atoms with Crippen molar-refractivity contribution in [3.63, 3.8) is 0 Å². The fourth-order valence-corrected chi connectivity index (χ4v) is 3.69. The van der Waals surface area contributed by atoms with Gasteiger partial charge in [-0.05, 0) is 45.4 Å². The smallest absolute Gasteiger partial charge is 0.193 e. The van der Waals surface area contributed by atoms with E-state index < -0.39 is 14.6 Å². The second kappa shape index (κ2) is 8.36. The van der Waals surface area contributed by atoms with Crippen molar-refractivity contribution in [2.45, 2.75) is 51.2 Å². The Balaban J connectivity index is 0.00000264. The lowest BCUT2D eigenvalue weighted by Gasteiger charge is -2.25. The minimum absolute atomic E-state index is 0. The normalized spacial score (nSPS) is 25.7. The first-order valence-electron chi connectivity index (χ1n) is 8.47. The van der Waals surface area contributed by atoms with Gasteiger partial charge in [-0.2, -0.15) is 0 Å². The third kappa shape index (κ3) is 5.21. The van der Waals surface area contributed by atoms with Gasteiger partial charge in [-0.1, -0.05) is 12.8 Å². The quantitative estimate of drug-likeness (QED) is 0.401. The van der Waals surface area contributed by atoms with Crippen LogP contribution in [0.3, 0.4) is 0 Å². The Hall–Kier alpha value is -0.0500. The molecule has 0 amide bonds. The standard InChI is InChI=1S/C16H31N3O2S.HI/c1-5-17-15(18-12-16(2,3)22(4,20)21)19-10-13-8-6-7-9-14(13)11-19;/h13-14H,5-12H2,1-4H3,(H,17,18);1H.